The second-order valence-electron chi connectivity index (χ2n) is 5.66. The van der Waals surface area contributed by atoms with Crippen molar-refractivity contribution >= 4 is 29.9 Å². The Balaban J connectivity index is 1.85. The molecule has 8 nitrogen and oxygen atoms in total. The van der Waals surface area contributed by atoms with Crippen LogP contribution >= 0.6 is 11.8 Å². The van der Waals surface area contributed by atoms with E-state index in [0.717, 1.165) is 11.4 Å². The number of rotatable bonds is 8. The van der Waals surface area contributed by atoms with Gasteiger partial charge in [-0.2, -0.15) is 5.10 Å². The number of aromatic nitrogens is 2. The van der Waals surface area contributed by atoms with Crippen molar-refractivity contribution in [1.82, 2.24) is 15.4 Å². The van der Waals surface area contributed by atoms with Gasteiger partial charge in [-0.25, -0.2) is 15.4 Å². The number of carbonyl (C=O) groups excluding carboxylic acids is 2. The third-order valence-electron chi connectivity index (χ3n) is 3.24. The van der Waals surface area contributed by atoms with Gasteiger partial charge in [0.05, 0.1) is 17.4 Å². The molecule has 9 heteroatoms. The first-order chi connectivity index (χ1) is 12.8. The number of amides is 1. The average molecular weight is 387 g/mol. The maximum Gasteiger partial charge on any atom is 0.253 e. The monoisotopic (exact) mass is 387 g/mol. The first kappa shape index (κ1) is 20.4. The molecule has 0 radical (unpaired) electrons. The number of hydrogen-bond donors (Lipinski definition) is 1. The lowest BCUT2D eigenvalue weighted by atomic mass is 10.2. The van der Waals surface area contributed by atoms with E-state index in [1.807, 2.05) is 19.9 Å². The SMILES string of the molecule is Cc1cc(C)nc(S[C@@H](C)C(=O)N/N=C\c2ccc(OCC(=O)[O-])cc2)n1. The number of ether oxygens (including phenoxy) is 1. The standard InChI is InChI=1S/C18H20N4O4S/c1-11-8-12(2)21-18(20-11)27-13(3)17(25)22-19-9-14-4-6-15(7-5-14)26-10-16(23)24/h4-9,13H,10H2,1-3H3,(H,22,25)(H,23,24)/p-1/b19-9-/t13-/m0/s1. The van der Waals surface area contributed by atoms with Crippen LogP contribution in [-0.2, 0) is 9.59 Å². The molecule has 0 spiro atoms. The van der Waals surface area contributed by atoms with Crippen molar-refractivity contribution in [3.8, 4) is 5.75 Å². The molecule has 0 aliphatic heterocycles. The lowest BCUT2D eigenvalue weighted by molar-refractivity contribution is -0.307. The topological polar surface area (TPSA) is 117 Å². The average Bonchev–Trinajstić information content (AvgIpc) is 2.60. The minimum Gasteiger partial charge on any atom is -0.546 e. The van der Waals surface area contributed by atoms with E-state index in [0.29, 0.717) is 16.5 Å². The number of aliphatic carboxylic acids is 1. The van der Waals surface area contributed by atoms with E-state index in [2.05, 4.69) is 20.5 Å². The van der Waals surface area contributed by atoms with Crippen LogP contribution in [0.2, 0.25) is 0 Å². The number of hydrazone groups is 1. The van der Waals surface area contributed by atoms with Crippen LogP contribution in [-0.4, -0.2) is 39.9 Å². The van der Waals surface area contributed by atoms with Crippen LogP contribution in [0.25, 0.3) is 0 Å². The van der Waals surface area contributed by atoms with Crippen LogP contribution < -0.4 is 15.3 Å². The van der Waals surface area contributed by atoms with Gasteiger partial charge in [0.1, 0.15) is 12.4 Å². The molecule has 0 bridgehead atoms. The zero-order valence-corrected chi connectivity index (χ0v) is 15.9. The zero-order chi connectivity index (χ0) is 19.8. The molecule has 0 saturated carbocycles. The van der Waals surface area contributed by atoms with Crippen LogP contribution in [0.4, 0.5) is 0 Å². The summed E-state index contributed by atoms with van der Waals surface area (Å²) in [6, 6.07) is 8.43. The lowest BCUT2D eigenvalue weighted by Gasteiger charge is -2.09. The molecule has 0 saturated heterocycles. The highest BCUT2D eigenvalue weighted by atomic mass is 32.2. The Labute approximate surface area is 161 Å². The fourth-order valence-electron chi connectivity index (χ4n) is 2.01. The summed E-state index contributed by atoms with van der Waals surface area (Å²) >= 11 is 1.26. The van der Waals surface area contributed by atoms with Crippen LogP contribution in [0.1, 0.15) is 23.9 Å². The van der Waals surface area contributed by atoms with Crippen molar-refractivity contribution in [2.45, 2.75) is 31.2 Å². The molecule has 1 aromatic carbocycles. The number of aryl methyl sites for hydroxylation is 2. The van der Waals surface area contributed by atoms with E-state index in [9.17, 15) is 14.7 Å². The highest BCUT2D eigenvalue weighted by molar-refractivity contribution is 8.00. The van der Waals surface area contributed by atoms with Crippen molar-refractivity contribution in [3.63, 3.8) is 0 Å². The number of carboxylic acids is 1. The summed E-state index contributed by atoms with van der Waals surface area (Å²) in [5.74, 6) is -1.16. The van der Waals surface area contributed by atoms with Gasteiger partial charge in [0.25, 0.3) is 5.91 Å². The second-order valence-corrected chi connectivity index (χ2v) is 6.97. The number of hydrogen-bond acceptors (Lipinski definition) is 8. The smallest absolute Gasteiger partial charge is 0.253 e. The Bertz CT molecular complexity index is 820. The maximum atomic E-state index is 12.1. The van der Waals surface area contributed by atoms with Crippen LogP contribution in [0.5, 0.6) is 5.75 Å². The Hall–Kier alpha value is -2.94. The largest absolute Gasteiger partial charge is 0.546 e. The van der Waals surface area contributed by atoms with Gasteiger partial charge in [-0.15, -0.1) is 0 Å². The Kier molecular flexibility index (Phi) is 7.30. The first-order valence-electron chi connectivity index (χ1n) is 8.08. The molecule has 1 N–H and O–H groups in total. The molecule has 1 heterocycles. The van der Waals surface area contributed by atoms with E-state index >= 15 is 0 Å². The summed E-state index contributed by atoms with van der Waals surface area (Å²) in [6.45, 7) is 4.99. The van der Waals surface area contributed by atoms with Gasteiger partial charge in [-0.3, -0.25) is 4.79 Å². The zero-order valence-electron chi connectivity index (χ0n) is 15.1. The molecule has 0 unspecified atom stereocenters. The third-order valence-corrected chi connectivity index (χ3v) is 4.20. The van der Waals surface area contributed by atoms with Crippen LogP contribution in [0, 0.1) is 13.8 Å². The minimum absolute atomic E-state index is 0.270. The van der Waals surface area contributed by atoms with Crippen molar-refractivity contribution in [2.75, 3.05) is 6.61 Å². The summed E-state index contributed by atoms with van der Waals surface area (Å²) in [4.78, 5) is 31.1. The molecule has 2 rings (SSSR count). The van der Waals surface area contributed by atoms with Gasteiger partial charge in [-0.05, 0) is 56.7 Å². The fourth-order valence-corrected chi connectivity index (χ4v) is 2.88. The number of carboxylic acid groups (broad SMARTS) is 1. The number of carbonyl (C=O) groups is 2. The molecule has 1 atom stereocenters. The molecule has 0 aliphatic rings. The molecule has 0 aliphatic carbocycles. The number of nitrogens with one attached hydrogen (secondary N) is 1. The van der Waals surface area contributed by atoms with E-state index in [1.54, 1.807) is 31.2 Å². The normalized spacial score (nSPS) is 12.0. The molecule has 2 aromatic rings. The van der Waals surface area contributed by atoms with E-state index < -0.39 is 17.8 Å². The van der Waals surface area contributed by atoms with Crippen molar-refractivity contribution < 1.29 is 19.4 Å². The number of nitrogens with zero attached hydrogens (tertiary/aromatic N) is 3. The van der Waals surface area contributed by atoms with Gasteiger partial charge in [-0.1, -0.05) is 11.8 Å². The van der Waals surface area contributed by atoms with E-state index in [1.165, 1.54) is 18.0 Å². The number of benzene rings is 1. The fraction of sp³-hybridized carbons (Fsp3) is 0.278. The first-order valence-corrected chi connectivity index (χ1v) is 8.96. The van der Waals surface area contributed by atoms with Gasteiger partial charge in [0.2, 0.25) is 0 Å². The second kappa shape index (κ2) is 9.67. The molecule has 0 fully saturated rings. The van der Waals surface area contributed by atoms with E-state index in [-0.39, 0.29) is 5.91 Å². The lowest BCUT2D eigenvalue weighted by Crippen LogP contribution is -2.28. The van der Waals surface area contributed by atoms with Crippen LogP contribution in [0.3, 0.4) is 0 Å². The van der Waals surface area contributed by atoms with Crippen molar-refractivity contribution in [1.29, 1.82) is 0 Å². The van der Waals surface area contributed by atoms with Gasteiger partial charge in [0, 0.05) is 11.4 Å². The summed E-state index contributed by atoms with van der Waals surface area (Å²) in [5, 5.41) is 14.4. The molecule has 1 amide bonds. The summed E-state index contributed by atoms with van der Waals surface area (Å²) < 4.78 is 4.98. The van der Waals surface area contributed by atoms with Crippen molar-refractivity contribution in [2.24, 2.45) is 5.10 Å². The maximum absolute atomic E-state index is 12.1. The predicted molar refractivity (Wildman–Crippen MR) is 99.5 cm³/mol. The molecule has 27 heavy (non-hydrogen) atoms. The molecular formula is C18H19N4O4S-. The Morgan fingerprint density at radius 1 is 1.26 bits per heavy atom. The van der Waals surface area contributed by atoms with Crippen molar-refractivity contribution in [3.05, 3.63) is 47.3 Å². The quantitative estimate of drug-likeness (QED) is 0.309. The summed E-state index contributed by atoms with van der Waals surface area (Å²) in [5.41, 5.74) is 4.89. The summed E-state index contributed by atoms with van der Waals surface area (Å²) in [6.07, 6.45) is 1.48. The minimum atomic E-state index is -1.29. The third kappa shape index (κ3) is 7.06. The van der Waals surface area contributed by atoms with Gasteiger partial charge < -0.3 is 14.6 Å². The van der Waals surface area contributed by atoms with Gasteiger partial charge in [0.15, 0.2) is 5.16 Å². The highest BCUT2D eigenvalue weighted by Gasteiger charge is 2.15. The van der Waals surface area contributed by atoms with E-state index in [4.69, 9.17) is 4.74 Å². The van der Waals surface area contributed by atoms with Crippen LogP contribution in [0.15, 0.2) is 40.6 Å². The molecule has 1 aromatic heterocycles. The number of thioether (sulfide) groups is 1. The molecule has 142 valence electrons. The predicted octanol–water partition coefficient (Wildman–Crippen LogP) is 0.853. The van der Waals surface area contributed by atoms with Gasteiger partial charge >= 0.3 is 0 Å². The Morgan fingerprint density at radius 3 is 2.48 bits per heavy atom. The summed E-state index contributed by atoms with van der Waals surface area (Å²) in [7, 11) is 0. The highest BCUT2D eigenvalue weighted by Crippen LogP contribution is 2.20. The molecular weight excluding hydrogens is 368 g/mol. The Morgan fingerprint density at radius 2 is 1.89 bits per heavy atom.